The van der Waals surface area contributed by atoms with Crippen molar-refractivity contribution >= 4 is 50.9 Å². The Morgan fingerprint density at radius 3 is 2.34 bits per heavy atom. The second-order valence-corrected chi connectivity index (χ2v) is 10.7. The monoisotopic (exact) mass is 618 g/mol. The molecule has 3 aromatic carbocycles. The Bertz CT molecular complexity index is 1220. The summed E-state index contributed by atoms with van der Waals surface area (Å²) in [6, 6.07) is 20.0. The second kappa shape index (κ2) is 15.2. The lowest BCUT2D eigenvalue weighted by atomic mass is 10.0. The van der Waals surface area contributed by atoms with Crippen LogP contribution >= 0.6 is 39.1 Å². The third-order valence-corrected chi connectivity index (χ3v) is 7.55. The molecule has 3 rings (SSSR count). The average Bonchev–Trinajstić information content (AvgIpc) is 2.92. The quantitative estimate of drug-likeness (QED) is 0.205. The van der Waals surface area contributed by atoms with E-state index in [2.05, 4.69) is 35.1 Å². The molecule has 0 aliphatic carbocycles. The summed E-state index contributed by atoms with van der Waals surface area (Å²) in [7, 11) is 0. The Morgan fingerprint density at radius 2 is 1.68 bits per heavy atom. The van der Waals surface area contributed by atoms with Crippen LogP contribution < -0.4 is 10.1 Å². The van der Waals surface area contributed by atoms with E-state index in [0.29, 0.717) is 28.8 Å². The van der Waals surface area contributed by atoms with Gasteiger partial charge in [-0.15, -0.1) is 0 Å². The molecular weight excluding hydrogens is 587 g/mol. The molecule has 0 saturated carbocycles. The van der Waals surface area contributed by atoms with Gasteiger partial charge in [-0.05, 0) is 69.7 Å². The molecule has 0 radical (unpaired) electrons. The van der Waals surface area contributed by atoms with Gasteiger partial charge in [-0.1, -0.05) is 85.9 Å². The molecule has 0 aliphatic heterocycles. The van der Waals surface area contributed by atoms with Crippen LogP contribution in [-0.2, 0) is 29.0 Å². The van der Waals surface area contributed by atoms with Crippen LogP contribution in [0.5, 0.6) is 5.75 Å². The molecule has 3 aromatic rings. The van der Waals surface area contributed by atoms with Crippen LogP contribution in [0.1, 0.15) is 43.4 Å². The van der Waals surface area contributed by atoms with E-state index in [1.165, 1.54) is 0 Å². The van der Waals surface area contributed by atoms with Crippen molar-refractivity contribution in [1.29, 1.82) is 0 Å². The number of amides is 2. The predicted molar refractivity (Wildman–Crippen MR) is 158 cm³/mol. The highest BCUT2D eigenvalue weighted by Gasteiger charge is 2.30. The summed E-state index contributed by atoms with van der Waals surface area (Å²) < 4.78 is 6.70. The lowest BCUT2D eigenvalue weighted by Crippen LogP contribution is -2.51. The van der Waals surface area contributed by atoms with Crippen LogP contribution in [0.15, 0.2) is 71.2 Å². The Morgan fingerprint density at radius 1 is 0.947 bits per heavy atom. The summed E-state index contributed by atoms with van der Waals surface area (Å²) >= 11 is 15.9. The Hall–Kier alpha value is -2.54. The molecule has 0 spiro atoms. The first-order valence-corrected chi connectivity index (χ1v) is 14.3. The minimum Gasteiger partial charge on any atom is -0.483 e. The Kier molecular flexibility index (Phi) is 12.0. The van der Waals surface area contributed by atoms with Gasteiger partial charge in [0.25, 0.3) is 5.91 Å². The van der Waals surface area contributed by atoms with Crippen LogP contribution in [-0.4, -0.2) is 35.9 Å². The van der Waals surface area contributed by atoms with Crippen molar-refractivity contribution in [1.82, 2.24) is 10.2 Å². The zero-order valence-corrected chi connectivity index (χ0v) is 24.8. The number of ether oxygens (including phenoxy) is 1. The summed E-state index contributed by atoms with van der Waals surface area (Å²) in [4.78, 5) is 28.8. The molecule has 8 heteroatoms. The van der Waals surface area contributed by atoms with Crippen LogP contribution in [0.2, 0.25) is 10.0 Å². The van der Waals surface area contributed by atoms with E-state index in [-0.39, 0.29) is 25.0 Å². The third kappa shape index (κ3) is 8.75. The molecule has 0 saturated heterocycles. The molecule has 0 heterocycles. The molecule has 0 bridgehead atoms. The molecule has 0 fully saturated rings. The summed E-state index contributed by atoms with van der Waals surface area (Å²) in [5.41, 5.74) is 2.87. The van der Waals surface area contributed by atoms with Crippen LogP contribution in [0.3, 0.4) is 0 Å². The zero-order chi connectivity index (χ0) is 27.5. The minimum absolute atomic E-state index is 0.174. The number of carbonyl (C=O) groups excluding carboxylic acids is 2. The number of benzene rings is 3. The van der Waals surface area contributed by atoms with Crippen molar-refractivity contribution in [3.63, 3.8) is 0 Å². The van der Waals surface area contributed by atoms with Gasteiger partial charge in [-0.2, -0.15) is 0 Å². The second-order valence-electron chi connectivity index (χ2n) is 9.03. The molecule has 2 amide bonds. The molecule has 0 aromatic heterocycles. The summed E-state index contributed by atoms with van der Waals surface area (Å²) in [6.45, 7) is 4.64. The van der Waals surface area contributed by atoms with Gasteiger partial charge in [0.15, 0.2) is 6.61 Å². The summed E-state index contributed by atoms with van der Waals surface area (Å²) in [5, 5.41) is 3.83. The van der Waals surface area contributed by atoms with E-state index in [1.54, 1.807) is 17.0 Å². The fourth-order valence-electron chi connectivity index (χ4n) is 4.00. The van der Waals surface area contributed by atoms with E-state index in [4.69, 9.17) is 27.9 Å². The molecule has 38 heavy (non-hydrogen) atoms. The number of hydrogen-bond donors (Lipinski definition) is 1. The van der Waals surface area contributed by atoms with Gasteiger partial charge in [-0.3, -0.25) is 9.59 Å². The predicted octanol–water partition coefficient (Wildman–Crippen LogP) is 7.25. The number of unbranched alkanes of at least 4 members (excludes halogenated alkanes) is 1. The first kappa shape index (κ1) is 30.0. The van der Waals surface area contributed by atoms with Crippen LogP contribution in [0.4, 0.5) is 0 Å². The highest BCUT2D eigenvalue weighted by molar-refractivity contribution is 9.10. The summed E-state index contributed by atoms with van der Waals surface area (Å²) in [6.07, 6.45) is 3.06. The van der Waals surface area contributed by atoms with E-state index in [0.717, 1.165) is 40.4 Å². The van der Waals surface area contributed by atoms with Gasteiger partial charge in [-0.25, -0.2) is 0 Å². The lowest BCUT2D eigenvalue weighted by molar-refractivity contribution is -0.142. The van der Waals surface area contributed by atoms with Crippen molar-refractivity contribution in [2.45, 2.75) is 52.1 Å². The van der Waals surface area contributed by atoms with E-state index in [9.17, 15) is 9.59 Å². The van der Waals surface area contributed by atoms with E-state index >= 15 is 0 Å². The number of carbonyl (C=O) groups is 2. The molecular formula is C30H33BrCl2N2O3. The Balaban J connectivity index is 1.91. The molecule has 5 nitrogen and oxygen atoms in total. The van der Waals surface area contributed by atoms with Crippen molar-refractivity contribution < 1.29 is 14.3 Å². The number of nitrogens with one attached hydrogen (secondary N) is 1. The summed E-state index contributed by atoms with van der Waals surface area (Å²) in [5.74, 6) is 0.0513. The molecule has 1 atom stereocenters. The maximum absolute atomic E-state index is 13.7. The average molecular weight is 620 g/mol. The van der Waals surface area contributed by atoms with Crippen molar-refractivity contribution in [2.75, 3.05) is 13.2 Å². The molecule has 0 aliphatic rings. The largest absolute Gasteiger partial charge is 0.483 e. The minimum atomic E-state index is -0.745. The fourth-order valence-corrected chi connectivity index (χ4v) is 4.86. The number of hydrogen-bond acceptors (Lipinski definition) is 3. The van der Waals surface area contributed by atoms with Crippen molar-refractivity contribution in [3.8, 4) is 5.75 Å². The van der Waals surface area contributed by atoms with Crippen LogP contribution in [0.25, 0.3) is 0 Å². The standard InChI is InChI=1S/C30H33BrCl2N2O3/c1-3-5-15-34-30(37)27(18-22-9-7-6-8-10-22)35(19-23-11-13-25(32)26(33)17-23)29(36)20-38-28-14-12-21(4-2)16-24(28)31/h6-14,16-17,27H,3-5,15,18-20H2,1-2H3,(H,34,37). The molecule has 202 valence electrons. The van der Waals surface area contributed by atoms with Gasteiger partial charge < -0.3 is 15.0 Å². The molecule has 1 N–H and O–H groups in total. The van der Waals surface area contributed by atoms with E-state index < -0.39 is 6.04 Å². The highest BCUT2D eigenvalue weighted by Crippen LogP contribution is 2.27. The van der Waals surface area contributed by atoms with Crippen LogP contribution in [0, 0.1) is 0 Å². The normalized spacial score (nSPS) is 11.6. The van der Waals surface area contributed by atoms with Gasteiger partial charge in [0.1, 0.15) is 11.8 Å². The first-order chi connectivity index (χ1) is 18.3. The SMILES string of the molecule is CCCCNC(=O)C(Cc1ccccc1)N(Cc1ccc(Cl)c(Cl)c1)C(=O)COc1ccc(CC)cc1Br. The molecule has 1 unspecified atom stereocenters. The number of halogens is 3. The van der Waals surface area contributed by atoms with Gasteiger partial charge in [0.2, 0.25) is 5.91 Å². The van der Waals surface area contributed by atoms with Crippen molar-refractivity contribution in [3.05, 3.63) is 97.9 Å². The number of nitrogens with zero attached hydrogens (tertiary/aromatic N) is 1. The first-order valence-electron chi connectivity index (χ1n) is 12.8. The fraction of sp³-hybridized carbons (Fsp3) is 0.333. The maximum atomic E-state index is 13.7. The lowest BCUT2D eigenvalue weighted by Gasteiger charge is -2.31. The van der Waals surface area contributed by atoms with Gasteiger partial charge in [0.05, 0.1) is 14.5 Å². The smallest absolute Gasteiger partial charge is 0.261 e. The highest BCUT2D eigenvalue weighted by atomic mass is 79.9. The van der Waals surface area contributed by atoms with Crippen molar-refractivity contribution in [2.24, 2.45) is 0 Å². The third-order valence-electron chi connectivity index (χ3n) is 6.19. The topological polar surface area (TPSA) is 58.6 Å². The zero-order valence-electron chi connectivity index (χ0n) is 21.7. The number of aryl methyl sites for hydroxylation is 1. The van der Waals surface area contributed by atoms with E-state index in [1.807, 2.05) is 54.6 Å². The van der Waals surface area contributed by atoms with Gasteiger partial charge in [0, 0.05) is 19.5 Å². The maximum Gasteiger partial charge on any atom is 0.261 e. The Labute approximate surface area is 243 Å². The van der Waals surface area contributed by atoms with Gasteiger partial charge >= 0.3 is 0 Å². The number of rotatable bonds is 13.